The van der Waals surface area contributed by atoms with E-state index in [-0.39, 0.29) is 35.9 Å². The Bertz CT molecular complexity index is 2430. The van der Waals surface area contributed by atoms with Gasteiger partial charge in [-0.1, -0.05) is 19.1 Å². The van der Waals surface area contributed by atoms with Crippen LogP contribution in [0.4, 0.5) is 0 Å². The molecular weight excluding hydrogens is 787 g/mol. The number of benzene rings is 5. The van der Waals surface area contributed by atoms with Crippen molar-refractivity contribution in [3.8, 4) is 51.4 Å². The summed E-state index contributed by atoms with van der Waals surface area (Å²) in [4.78, 5) is 0. The molecule has 328 valence electrons. The minimum atomic E-state index is -1.06. The number of rotatable bonds is 13. The van der Waals surface area contributed by atoms with Crippen molar-refractivity contribution >= 4 is 10.8 Å². The molecule has 11 heteroatoms. The Labute approximate surface area is 363 Å². The fourth-order valence-corrected chi connectivity index (χ4v) is 10.7. The molecule has 4 aliphatic rings. The maximum Gasteiger partial charge on any atom is 0.133 e. The van der Waals surface area contributed by atoms with E-state index in [2.05, 4.69) is 5.32 Å². The summed E-state index contributed by atoms with van der Waals surface area (Å²) < 4.78 is 32.5. The number of phenols is 3. The molecule has 6 N–H and O–H groups in total. The molecule has 6 unspecified atom stereocenters. The lowest BCUT2D eigenvalue weighted by Gasteiger charge is -2.46. The third-order valence-electron chi connectivity index (χ3n) is 13.7. The van der Waals surface area contributed by atoms with E-state index >= 15 is 0 Å². The van der Waals surface area contributed by atoms with E-state index in [1.807, 2.05) is 50.4 Å². The second-order valence-electron chi connectivity index (χ2n) is 17.6. The zero-order valence-corrected chi connectivity index (χ0v) is 35.9. The van der Waals surface area contributed by atoms with E-state index in [4.69, 9.17) is 23.7 Å². The highest BCUT2D eigenvalue weighted by Crippen LogP contribution is 2.57. The van der Waals surface area contributed by atoms with E-state index in [0.717, 1.165) is 76.3 Å². The third-order valence-corrected chi connectivity index (χ3v) is 13.7. The van der Waals surface area contributed by atoms with Crippen LogP contribution >= 0.6 is 0 Å². The first-order valence-electron chi connectivity index (χ1n) is 22.4. The number of hydrogen-bond acceptors (Lipinski definition) is 11. The molecule has 1 aliphatic carbocycles. The first-order chi connectivity index (χ1) is 30.2. The van der Waals surface area contributed by atoms with Gasteiger partial charge < -0.3 is 54.5 Å². The highest BCUT2D eigenvalue weighted by Gasteiger charge is 2.50. The summed E-state index contributed by atoms with van der Waals surface area (Å²) >= 11 is 0. The van der Waals surface area contributed by atoms with E-state index in [0.29, 0.717) is 79.6 Å². The summed E-state index contributed by atoms with van der Waals surface area (Å²) in [5, 5.41) is 62.9. The predicted molar refractivity (Wildman–Crippen MR) is 237 cm³/mol. The summed E-state index contributed by atoms with van der Waals surface area (Å²) in [6, 6.07) is 20.0. The van der Waals surface area contributed by atoms with Crippen LogP contribution in [-0.4, -0.2) is 78.3 Å². The van der Waals surface area contributed by atoms with Crippen molar-refractivity contribution in [1.29, 1.82) is 0 Å². The number of aliphatic hydroxyl groups excluding tert-OH is 2. The van der Waals surface area contributed by atoms with Gasteiger partial charge >= 0.3 is 0 Å². The molecule has 1 fully saturated rings. The van der Waals surface area contributed by atoms with Gasteiger partial charge in [0.1, 0.15) is 46.4 Å². The zero-order chi connectivity index (χ0) is 43.1. The summed E-state index contributed by atoms with van der Waals surface area (Å²) in [6.45, 7) is 3.77. The number of hydrogen-bond donors (Lipinski definition) is 6. The standard InChI is InChI=1S/C51H59NO10/c1-4-28-22-38(29-9-7-10-33(53)20-29)31(23-42(28)55)19-32-21-36(61-35-11-5-6-12-35)25-40-47(56)41(27-60-49(32)40)45-43(13-8-17-58-3)62-51-37-15-14-34(54)24-39(37)50-44(46(51)48(45)57)30(26-52-2)16-18-59-50/h7,9-10,14-15,20-25,30,35,41,43,45,47-48,52-57H,4-6,8,11-13,16-19,26-27H2,1-3H3. The molecule has 3 aliphatic heterocycles. The van der Waals surface area contributed by atoms with Crippen LogP contribution in [-0.2, 0) is 17.6 Å². The van der Waals surface area contributed by atoms with Crippen molar-refractivity contribution in [3.05, 3.63) is 100 Å². The number of aryl methyl sites for hydroxylation is 1. The normalized spacial score (nSPS) is 23.2. The maximum atomic E-state index is 13.0. The van der Waals surface area contributed by atoms with Gasteiger partial charge in [0.05, 0.1) is 31.5 Å². The zero-order valence-electron chi connectivity index (χ0n) is 35.9. The number of ether oxygens (including phenoxy) is 5. The van der Waals surface area contributed by atoms with Gasteiger partial charge in [0.2, 0.25) is 0 Å². The molecule has 11 nitrogen and oxygen atoms in total. The van der Waals surface area contributed by atoms with Gasteiger partial charge in [-0.15, -0.1) is 0 Å². The highest BCUT2D eigenvalue weighted by atomic mass is 16.5. The topological polar surface area (TPSA) is 159 Å². The number of aromatic hydroxyl groups is 3. The number of likely N-dealkylation sites (N-methyl/N-ethyl adjacent to an activating group) is 1. The molecule has 3 heterocycles. The monoisotopic (exact) mass is 845 g/mol. The molecule has 0 saturated heterocycles. The number of nitrogens with one attached hydrogen (secondary N) is 1. The van der Waals surface area contributed by atoms with Crippen LogP contribution in [0.3, 0.4) is 0 Å². The minimum absolute atomic E-state index is 0.00914. The Morgan fingerprint density at radius 1 is 0.790 bits per heavy atom. The molecule has 0 radical (unpaired) electrons. The fourth-order valence-electron chi connectivity index (χ4n) is 10.7. The SMILES string of the molecule is CCc1cc(-c2cccc(O)c2)c(Cc2cc(OC3CCCC3)cc3c2OCC(C2C(CCCOC)Oc4c(c5c(c6cc(O)ccc46)OCCC5CNC)C2O)C3O)cc1O. The Kier molecular flexibility index (Phi) is 12.1. The largest absolute Gasteiger partial charge is 0.508 e. The van der Waals surface area contributed by atoms with Crippen molar-refractivity contribution in [2.45, 2.75) is 95.0 Å². The molecular formula is C51H59NO10. The van der Waals surface area contributed by atoms with Crippen molar-refractivity contribution in [2.75, 3.05) is 40.5 Å². The smallest absolute Gasteiger partial charge is 0.133 e. The molecule has 6 atom stereocenters. The Morgan fingerprint density at radius 2 is 1.61 bits per heavy atom. The van der Waals surface area contributed by atoms with Gasteiger partial charge in [0.15, 0.2) is 0 Å². The second kappa shape index (κ2) is 17.9. The predicted octanol–water partition coefficient (Wildman–Crippen LogP) is 8.76. The highest BCUT2D eigenvalue weighted by molar-refractivity contribution is 5.97. The van der Waals surface area contributed by atoms with Crippen LogP contribution in [0.2, 0.25) is 0 Å². The van der Waals surface area contributed by atoms with Crippen LogP contribution < -0.4 is 24.3 Å². The van der Waals surface area contributed by atoms with E-state index in [9.17, 15) is 25.5 Å². The van der Waals surface area contributed by atoms with Gasteiger partial charge in [-0.25, -0.2) is 0 Å². The second-order valence-corrected chi connectivity index (χ2v) is 17.6. The summed E-state index contributed by atoms with van der Waals surface area (Å²) in [6.07, 6.45) is 4.49. The van der Waals surface area contributed by atoms with E-state index in [1.54, 1.807) is 37.4 Å². The minimum Gasteiger partial charge on any atom is -0.508 e. The molecule has 0 amide bonds. The molecule has 0 bridgehead atoms. The molecule has 62 heavy (non-hydrogen) atoms. The van der Waals surface area contributed by atoms with Crippen LogP contribution in [0.1, 0.15) is 103 Å². The lowest BCUT2D eigenvalue weighted by atomic mass is 9.70. The van der Waals surface area contributed by atoms with Crippen LogP contribution in [0, 0.1) is 11.8 Å². The molecule has 1 saturated carbocycles. The summed E-state index contributed by atoms with van der Waals surface area (Å²) in [5.74, 6) is 1.73. The van der Waals surface area contributed by atoms with E-state index in [1.165, 1.54) is 0 Å². The van der Waals surface area contributed by atoms with Crippen molar-refractivity contribution in [1.82, 2.24) is 5.32 Å². The third kappa shape index (κ3) is 7.89. The molecule has 5 aromatic carbocycles. The molecule has 0 aromatic heterocycles. The van der Waals surface area contributed by atoms with Gasteiger partial charge in [-0.05, 0) is 135 Å². The Morgan fingerprint density at radius 3 is 2.39 bits per heavy atom. The number of methoxy groups -OCH3 is 1. The first-order valence-corrected chi connectivity index (χ1v) is 22.4. The summed E-state index contributed by atoms with van der Waals surface area (Å²) in [7, 11) is 3.58. The Hall–Kier alpha value is -5.20. The number of fused-ring (bicyclic) bond motifs is 7. The average molecular weight is 846 g/mol. The first kappa shape index (κ1) is 42.1. The van der Waals surface area contributed by atoms with Crippen LogP contribution in [0.5, 0.6) is 40.2 Å². The van der Waals surface area contributed by atoms with Crippen molar-refractivity contribution < 1.29 is 49.2 Å². The van der Waals surface area contributed by atoms with Crippen molar-refractivity contribution in [2.24, 2.45) is 11.8 Å². The molecule has 9 rings (SSSR count). The fraction of sp³-hybridized carbons (Fsp3) is 0.451. The van der Waals surface area contributed by atoms with Gasteiger partial charge in [0.25, 0.3) is 0 Å². The van der Waals surface area contributed by atoms with E-state index < -0.39 is 30.1 Å². The quantitative estimate of drug-likeness (QED) is 0.0630. The maximum absolute atomic E-state index is 13.0. The summed E-state index contributed by atoms with van der Waals surface area (Å²) in [5.41, 5.74) is 6.26. The van der Waals surface area contributed by atoms with Gasteiger partial charge in [0, 0.05) is 77.5 Å². The van der Waals surface area contributed by atoms with Gasteiger partial charge in [-0.3, -0.25) is 0 Å². The molecule has 5 aromatic rings. The average Bonchev–Trinajstić information content (AvgIpc) is 3.78. The number of aliphatic hydroxyl groups is 2. The number of phenolic OH excluding ortho intramolecular Hbond substituents is 3. The van der Waals surface area contributed by atoms with Gasteiger partial charge in [-0.2, -0.15) is 0 Å². The lowest BCUT2D eigenvalue weighted by Crippen LogP contribution is -2.46. The van der Waals surface area contributed by atoms with Crippen LogP contribution in [0.25, 0.3) is 21.9 Å². The van der Waals surface area contributed by atoms with Crippen LogP contribution in [0.15, 0.2) is 66.7 Å². The molecule has 0 spiro atoms. The lowest BCUT2D eigenvalue weighted by molar-refractivity contribution is -0.0889. The Balaban J connectivity index is 1.15. The van der Waals surface area contributed by atoms with Crippen molar-refractivity contribution in [3.63, 3.8) is 0 Å².